The minimum atomic E-state index is -4.37. The number of benzene rings is 1. The van der Waals surface area contributed by atoms with Gasteiger partial charge in [0, 0.05) is 12.7 Å². The molecule has 2 aliphatic rings. The van der Waals surface area contributed by atoms with E-state index in [1.54, 1.807) is 6.07 Å². The Labute approximate surface area is 196 Å². The van der Waals surface area contributed by atoms with Crippen molar-refractivity contribution < 1.29 is 26.4 Å². The summed E-state index contributed by atoms with van der Waals surface area (Å²) < 4.78 is 54.1. The fraction of sp³-hybridized carbons (Fsp3) is 0.300. The lowest BCUT2D eigenvalue weighted by molar-refractivity contribution is -0.119. The molecule has 4 rings (SSSR count). The lowest BCUT2D eigenvalue weighted by atomic mass is 9.90. The maximum atomic E-state index is 13.4. The zero-order valence-electron chi connectivity index (χ0n) is 18.2. The molecule has 2 aromatic rings. The highest BCUT2D eigenvalue weighted by Crippen LogP contribution is 2.35. The van der Waals surface area contributed by atoms with Crippen molar-refractivity contribution in [1.29, 1.82) is 0 Å². The smallest absolute Gasteiger partial charge is 0.296 e. The highest BCUT2D eigenvalue weighted by Gasteiger charge is 2.45. The molecule has 0 radical (unpaired) electrons. The minimum Gasteiger partial charge on any atom is -0.341 e. The van der Waals surface area contributed by atoms with Gasteiger partial charge < -0.3 is 5.32 Å². The first-order valence-electron chi connectivity index (χ1n) is 10.2. The highest BCUT2D eigenvalue weighted by atomic mass is 32.2. The predicted molar refractivity (Wildman–Crippen MR) is 125 cm³/mol. The summed E-state index contributed by atoms with van der Waals surface area (Å²) in [7, 11) is -8.51. The van der Waals surface area contributed by atoms with Crippen LogP contribution in [0.1, 0.15) is 30.6 Å². The Hall–Kier alpha value is -3.36. The normalized spacial score (nSPS) is 19.2. The van der Waals surface area contributed by atoms with E-state index in [4.69, 9.17) is 5.14 Å². The van der Waals surface area contributed by atoms with Crippen LogP contribution >= 0.6 is 0 Å². The number of hydrogen-bond acceptors (Lipinski definition) is 8. The molecule has 2 aliphatic heterocycles. The third-order valence-corrected chi connectivity index (χ3v) is 7.14. The monoisotopic (exact) mass is 506 g/mol. The fourth-order valence-corrected chi connectivity index (χ4v) is 5.34. The maximum absolute atomic E-state index is 13.4. The SMILES string of the molecule is CC(C)CCN1C(=O)C(C2=NS(=O)(=O)c3cc(NS(N)(=O)=O)ccc3N2)C(=O)c2cccnc21. The molecular formula is C20H22N6O6S2. The van der Waals surface area contributed by atoms with E-state index in [0.717, 1.165) is 6.07 Å². The van der Waals surface area contributed by atoms with E-state index >= 15 is 0 Å². The van der Waals surface area contributed by atoms with Gasteiger partial charge in [-0.3, -0.25) is 19.2 Å². The van der Waals surface area contributed by atoms with Crippen molar-refractivity contribution in [3.63, 3.8) is 0 Å². The second-order valence-corrected chi connectivity index (χ2v) is 11.1. The number of nitrogens with two attached hydrogens (primary N) is 1. The Morgan fingerprint density at radius 2 is 1.97 bits per heavy atom. The van der Waals surface area contributed by atoms with Crippen LogP contribution in [0.2, 0.25) is 0 Å². The number of aromatic nitrogens is 1. The van der Waals surface area contributed by atoms with E-state index in [2.05, 4.69) is 14.7 Å². The van der Waals surface area contributed by atoms with Crippen molar-refractivity contribution in [2.45, 2.75) is 25.2 Å². The summed E-state index contributed by atoms with van der Waals surface area (Å²) in [6.45, 7) is 4.28. The minimum absolute atomic E-state index is 0.0382. The molecule has 4 N–H and O–H groups in total. The largest absolute Gasteiger partial charge is 0.341 e. The molecule has 34 heavy (non-hydrogen) atoms. The van der Waals surface area contributed by atoms with Crippen LogP contribution in [0, 0.1) is 11.8 Å². The summed E-state index contributed by atoms with van der Waals surface area (Å²) in [5, 5.41) is 7.70. The third kappa shape index (κ3) is 4.51. The number of amides is 1. The first-order valence-corrected chi connectivity index (χ1v) is 13.2. The summed E-state index contributed by atoms with van der Waals surface area (Å²) in [6, 6.07) is 6.71. The van der Waals surface area contributed by atoms with Crippen LogP contribution in [0.5, 0.6) is 0 Å². The van der Waals surface area contributed by atoms with Gasteiger partial charge >= 0.3 is 0 Å². The zero-order valence-corrected chi connectivity index (χ0v) is 19.9. The lowest BCUT2D eigenvalue weighted by Gasteiger charge is -2.33. The topological polar surface area (TPSA) is 181 Å². The second-order valence-electron chi connectivity index (χ2n) is 8.28. The molecule has 0 saturated carbocycles. The summed E-state index contributed by atoms with van der Waals surface area (Å²) in [5.41, 5.74) is 0.141. The summed E-state index contributed by atoms with van der Waals surface area (Å²) >= 11 is 0. The van der Waals surface area contributed by atoms with E-state index < -0.39 is 37.8 Å². The van der Waals surface area contributed by atoms with Gasteiger partial charge in [0.05, 0.1) is 16.9 Å². The van der Waals surface area contributed by atoms with Gasteiger partial charge in [0.1, 0.15) is 16.5 Å². The van der Waals surface area contributed by atoms with E-state index in [1.165, 1.54) is 29.3 Å². The van der Waals surface area contributed by atoms with Gasteiger partial charge in [-0.05, 0) is 42.7 Å². The highest BCUT2D eigenvalue weighted by molar-refractivity contribution is 7.91. The van der Waals surface area contributed by atoms with Crippen LogP contribution in [0.25, 0.3) is 0 Å². The molecule has 180 valence electrons. The van der Waals surface area contributed by atoms with Crippen LogP contribution in [-0.2, 0) is 25.0 Å². The van der Waals surface area contributed by atoms with E-state index in [0.29, 0.717) is 13.0 Å². The number of Topliss-reactive ketones (excluding diaryl/α,β-unsaturated/α-hetero) is 1. The molecule has 12 nitrogen and oxygen atoms in total. The number of carbonyl (C=O) groups is 2. The molecule has 0 fully saturated rings. The van der Waals surface area contributed by atoms with Gasteiger partial charge in [0.25, 0.3) is 20.2 Å². The molecule has 1 aromatic carbocycles. The summed E-state index contributed by atoms with van der Waals surface area (Å²) in [4.78, 5) is 31.9. The first kappa shape index (κ1) is 23.8. The molecule has 0 aliphatic carbocycles. The number of anilines is 3. The number of hydrogen-bond donors (Lipinski definition) is 3. The van der Waals surface area contributed by atoms with Crippen molar-refractivity contribution in [2.75, 3.05) is 21.5 Å². The van der Waals surface area contributed by atoms with Crippen LogP contribution in [0.4, 0.5) is 17.2 Å². The molecule has 0 bridgehead atoms. The molecule has 3 heterocycles. The average molecular weight is 507 g/mol. The number of amidine groups is 1. The Balaban J connectivity index is 1.75. The van der Waals surface area contributed by atoms with Crippen LogP contribution < -0.4 is 20.1 Å². The maximum Gasteiger partial charge on any atom is 0.296 e. The molecule has 0 saturated heterocycles. The Morgan fingerprint density at radius 3 is 2.65 bits per heavy atom. The number of nitrogens with one attached hydrogen (secondary N) is 2. The number of rotatable bonds is 6. The summed E-state index contributed by atoms with van der Waals surface area (Å²) in [6.07, 6.45) is 2.12. The lowest BCUT2D eigenvalue weighted by Crippen LogP contribution is -2.51. The van der Waals surface area contributed by atoms with Gasteiger partial charge in [-0.25, -0.2) is 10.1 Å². The van der Waals surface area contributed by atoms with E-state index in [9.17, 15) is 26.4 Å². The van der Waals surface area contributed by atoms with Gasteiger partial charge in [0.2, 0.25) is 5.91 Å². The molecule has 1 unspecified atom stereocenters. The van der Waals surface area contributed by atoms with Gasteiger partial charge in [-0.2, -0.15) is 16.8 Å². The van der Waals surface area contributed by atoms with Crippen molar-refractivity contribution in [1.82, 2.24) is 4.98 Å². The zero-order chi connectivity index (χ0) is 24.8. The third-order valence-electron chi connectivity index (χ3n) is 5.29. The molecule has 14 heteroatoms. The van der Waals surface area contributed by atoms with Crippen LogP contribution in [0.15, 0.2) is 45.8 Å². The molecule has 0 spiro atoms. The van der Waals surface area contributed by atoms with E-state index in [1.807, 2.05) is 18.6 Å². The number of fused-ring (bicyclic) bond motifs is 2. The summed E-state index contributed by atoms with van der Waals surface area (Å²) in [5.74, 6) is -2.59. The van der Waals surface area contributed by atoms with Gasteiger partial charge in [-0.1, -0.05) is 13.8 Å². The standard InChI is InChI=1S/C20H22N6O6S2/c1-11(2)7-9-26-19-13(4-3-8-22-19)17(27)16(20(26)28)18-23-14-6-5-12(24-34(21,31)32)10-15(14)33(29,30)25-18/h3-6,8,10-11,16,24H,7,9H2,1-2H3,(H,23,25)(H2,21,31,32). The first-order chi connectivity index (χ1) is 15.9. The van der Waals surface area contributed by atoms with E-state index in [-0.39, 0.29) is 39.4 Å². The quantitative estimate of drug-likeness (QED) is 0.487. The number of pyridine rings is 1. The average Bonchev–Trinajstić information content (AvgIpc) is 2.72. The Bertz CT molecular complexity index is 1440. The number of sulfonamides is 1. The number of nitrogens with zero attached hydrogens (tertiary/aromatic N) is 3. The Kier molecular flexibility index (Phi) is 5.91. The fourth-order valence-electron chi connectivity index (χ4n) is 3.71. The molecule has 1 atom stereocenters. The van der Waals surface area contributed by atoms with Crippen molar-refractivity contribution in [3.8, 4) is 0 Å². The predicted octanol–water partition coefficient (Wildman–Crippen LogP) is 1.10. The molecular weight excluding hydrogens is 484 g/mol. The number of carbonyl (C=O) groups excluding carboxylic acids is 2. The van der Waals surface area contributed by atoms with Gasteiger partial charge in [0.15, 0.2) is 11.7 Å². The molecule has 1 aromatic heterocycles. The number of ketones is 1. The Morgan fingerprint density at radius 1 is 1.24 bits per heavy atom. The van der Waals surface area contributed by atoms with Crippen molar-refractivity contribution in [3.05, 3.63) is 42.1 Å². The molecule has 1 amide bonds. The van der Waals surface area contributed by atoms with Crippen LogP contribution in [0.3, 0.4) is 0 Å². The van der Waals surface area contributed by atoms with Gasteiger partial charge in [-0.15, -0.1) is 4.40 Å². The van der Waals surface area contributed by atoms with Crippen LogP contribution in [-0.4, -0.2) is 45.9 Å². The van der Waals surface area contributed by atoms with Crippen molar-refractivity contribution >= 4 is 55.0 Å². The van der Waals surface area contributed by atoms with Crippen molar-refractivity contribution in [2.24, 2.45) is 21.4 Å². The second kappa shape index (κ2) is 8.45.